The third kappa shape index (κ3) is 2.25. The summed E-state index contributed by atoms with van der Waals surface area (Å²) in [6.45, 7) is 1.60. The molecule has 0 fully saturated rings. The van der Waals surface area contributed by atoms with Crippen molar-refractivity contribution in [3.8, 4) is 0 Å². The molecule has 0 aliphatic carbocycles. The van der Waals surface area contributed by atoms with E-state index in [1.807, 2.05) is 0 Å². The van der Waals surface area contributed by atoms with Gasteiger partial charge in [-0.05, 0) is 18.6 Å². The van der Waals surface area contributed by atoms with Crippen LogP contribution >= 0.6 is 11.8 Å². The molecule has 3 aromatic rings. The van der Waals surface area contributed by atoms with Crippen LogP contribution < -0.4 is 0 Å². The van der Waals surface area contributed by atoms with Crippen LogP contribution in [0.3, 0.4) is 0 Å². The number of hydrogen-bond donors (Lipinski definition) is 2. The fourth-order valence-corrected chi connectivity index (χ4v) is 2.95. The van der Waals surface area contributed by atoms with Crippen molar-refractivity contribution in [2.24, 2.45) is 0 Å². The molecule has 0 aliphatic heterocycles. The summed E-state index contributed by atoms with van der Waals surface area (Å²) in [6, 6.07) is 4.63. The largest absolute Gasteiger partial charge is 0.389 e. The molecule has 0 unspecified atom stereocenters. The summed E-state index contributed by atoms with van der Waals surface area (Å²) in [7, 11) is 0. The predicted molar refractivity (Wildman–Crippen MR) is 72.8 cm³/mol. The standard InChI is InChI=1S/C13H11FN4OS/c1-7(19)8-3-2-4-9(14)11(8)20-13-10-12(16-5-15-10)17-6-18-13/h2-7,19H,1H3,(H,15,16,17,18)/t7-/m1/s1. The van der Waals surface area contributed by atoms with Gasteiger partial charge in [0.15, 0.2) is 5.65 Å². The Labute approximate surface area is 118 Å². The average molecular weight is 290 g/mol. The fraction of sp³-hybridized carbons (Fsp3) is 0.154. The Morgan fingerprint density at radius 1 is 1.30 bits per heavy atom. The minimum absolute atomic E-state index is 0.358. The molecule has 1 aromatic carbocycles. The van der Waals surface area contributed by atoms with Crippen LogP contribution in [-0.4, -0.2) is 25.0 Å². The lowest BCUT2D eigenvalue weighted by molar-refractivity contribution is 0.195. The Bertz CT molecular complexity index is 759. The molecular formula is C13H11FN4OS. The van der Waals surface area contributed by atoms with Crippen LogP contribution in [0.25, 0.3) is 11.2 Å². The molecule has 3 rings (SSSR count). The molecule has 0 spiro atoms. The van der Waals surface area contributed by atoms with Gasteiger partial charge in [0, 0.05) is 0 Å². The van der Waals surface area contributed by atoms with E-state index in [0.717, 1.165) is 11.8 Å². The average Bonchev–Trinajstić information content (AvgIpc) is 2.90. The predicted octanol–water partition coefficient (Wildman–Crippen LogP) is 2.70. The molecule has 0 aliphatic rings. The van der Waals surface area contributed by atoms with E-state index in [0.29, 0.717) is 26.6 Å². The number of aromatic nitrogens is 4. The van der Waals surface area contributed by atoms with Crippen LogP contribution in [0.15, 0.2) is 40.8 Å². The lowest BCUT2D eigenvalue weighted by atomic mass is 10.1. The van der Waals surface area contributed by atoms with Crippen LogP contribution in [0.4, 0.5) is 4.39 Å². The molecule has 20 heavy (non-hydrogen) atoms. The number of fused-ring (bicyclic) bond motifs is 1. The number of aliphatic hydroxyl groups excluding tert-OH is 1. The molecule has 0 saturated heterocycles. The van der Waals surface area contributed by atoms with Crippen LogP contribution in [-0.2, 0) is 0 Å². The molecule has 2 N–H and O–H groups in total. The third-order valence-corrected chi connectivity index (χ3v) is 3.97. The van der Waals surface area contributed by atoms with Crippen molar-refractivity contribution in [1.29, 1.82) is 0 Å². The lowest BCUT2D eigenvalue weighted by Crippen LogP contribution is -1.97. The number of hydrogen-bond acceptors (Lipinski definition) is 5. The molecular weight excluding hydrogens is 279 g/mol. The Morgan fingerprint density at radius 3 is 2.95 bits per heavy atom. The van der Waals surface area contributed by atoms with Crippen LogP contribution in [0.5, 0.6) is 0 Å². The number of nitrogens with zero attached hydrogens (tertiary/aromatic N) is 3. The lowest BCUT2D eigenvalue weighted by Gasteiger charge is -2.12. The van der Waals surface area contributed by atoms with Crippen molar-refractivity contribution in [3.63, 3.8) is 0 Å². The maximum absolute atomic E-state index is 14.0. The molecule has 0 bridgehead atoms. The summed E-state index contributed by atoms with van der Waals surface area (Å²) in [4.78, 5) is 15.5. The van der Waals surface area contributed by atoms with E-state index in [4.69, 9.17) is 0 Å². The minimum atomic E-state index is -0.757. The van der Waals surface area contributed by atoms with Crippen LogP contribution in [0.1, 0.15) is 18.6 Å². The highest BCUT2D eigenvalue weighted by atomic mass is 32.2. The van der Waals surface area contributed by atoms with Crippen molar-refractivity contribution in [2.75, 3.05) is 0 Å². The molecule has 0 amide bonds. The second kappa shape index (κ2) is 5.18. The van der Waals surface area contributed by atoms with E-state index < -0.39 is 6.10 Å². The van der Waals surface area contributed by atoms with Gasteiger partial charge in [0.25, 0.3) is 0 Å². The maximum atomic E-state index is 14.0. The molecule has 0 radical (unpaired) electrons. The van der Waals surface area contributed by atoms with Crippen molar-refractivity contribution in [2.45, 2.75) is 22.9 Å². The van der Waals surface area contributed by atoms with Crippen molar-refractivity contribution < 1.29 is 9.50 Å². The van der Waals surface area contributed by atoms with Gasteiger partial charge in [-0.3, -0.25) is 0 Å². The van der Waals surface area contributed by atoms with Crippen molar-refractivity contribution in [1.82, 2.24) is 19.9 Å². The summed E-state index contributed by atoms with van der Waals surface area (Å²) in [5.74, 6) is -0.389. The SMILES string of the molecule is C[C@@H](O)c1cccc(F)c1Sc1ncnc2nc[nH]c12. The highest BCUT2D eigenvalue weighted by Gasteiger charge is 2.16. The van der Waals surface area contributed by atoms with Crippen LogP contribution in [0.2, 0.25) is 0 Å². The quantitative estimate of drug-likeness (QED) is 0.725. The molecule has 102 valence electrons. The molecule has 1 atom stereocenters. The van der Waals surface area contributed by atoms with Crippen LogP contribution in [0, 0.1) is 5.82 Å². The fourth-order valence-electron chi connectivity index (χ4n) is 1.88. The van der Waals surface area contributed by atoms with E-state index in [1.165, 1.54) is 18.7 Å². The summed E-state index contributed by atoms with van der Waals surface area (Å²) in [6.07, 6.45) is 2.14. The van der Waals surface area contributed by atoms with Gasteiger partial charge >= 0.3 is 0 Å². The number of aliphatic hydroxyl groups is 1. The number of nitrogens with one attached hydrogen (secondary N) is 1. The smallest absolute Gasteiger partial charge is 0.181 e. The number of halogens is 1. The Balaban J connectivity index is 2.09. The summed E-state index contributed by atoms with van der Waals surface area (Å²) in [5, 5.41) is 10.3. The zero-order valence-electron chi connectivity index (χ0n) is 10.5. The van der Waals surface area contributed by atoms with Gasteiger partial charge in [-0.15, -0.1) is 0 Å². The molecule has 0 saturated carbocycles. The second-order valence-corrected chi connectivity index (χ2v) is 5.22. The van der Waals surface area contributed by atoms with Crippen molar-refractivity contribution in [3.05, 3.63) is 42.2 Å². The first kappa shape index (κ1) is 13.0. The minimum Gasteiger partial charge on any atom is -0.389 e. The Morgan fingerprint density at radius 2 is 2.15 bits per heavy atom. The zero-order valence-corrected chi connectivity index (χ0v) is 11.4. The first-order valence-corrected chi connectivity index (χ1v) is 6.77. The van der Waals surface area contributed by atoms with E-state index >= 15 is 0 Å². The highest BCUT2D eigenvalue weighted by Crippen LogP contribution is 2.36. The number of rotatable bonds is 3. The van der Waals surface area contributed by atoms with E-state index in [1.54, 1.807) is 19.1 Å². The summed E-state index contributed by atoms with van der Waals surface area (Å²) >= 11 is 1.15. The highest BCUT2D eigenvalue weighted by molar-refractivity contribution is 7.99. The van der Waals surface area contributed by atoms with Crippen molar-refractivity contribution >= 4 is 22.9 Å². The summed E-state index contributed by atoms with van der Waals surface area (Å²) in [5.41, 5.74) is 1.70. The molecule has 7 heteroatoms. The number of H-pyrrole nitrogens is 1. The monoisotopic (exact) mass is 290 g/mol. The van der Waals surface area contributed by atoms with Gasteiger partial charge in [0.2, 0.25) is 0 Å². The van der Waals surface area contributed by atoms with Gasteiger partial charge in [0.1, 0.15) is 22.7 Å². The Hall–Kier alpha value is -1.99. The van der Waals surface area contributed by atoms with E-state index in [9.17, 15) is 9.50 Å². The number of imidazole rings is 1. The molecule has 2 heterocycles. The molecule has 5 nitrogen and oxygen atoms in total. The van der Waals surface area contributed by atoms with Gasteiger partial charge in [-0.1, -0.05) is 23.9 Å². The first-order chi connectivity index (χ1) is 9.66. The number of aromatic amines is 1. The van der Waals surface area contributed by atoms with Gasteiger partial charge in [0.05, 0.1) is 17.3 Å². The van der Waals surface area contributed by atoms with Gasteiger partial charge in [-0.2, -0.15) is 0 Å². The van der Waals surface area contributed by atoms with Gasteiger partial charge in [-0.25, -0.2) is 19.3 Å². The summed E-state index contributed by atoms with van der Waals surface area (Å²) < 4.78 is 14.0. The number of benzene rings is 1. The first-order valence-electron chi connectivity index (χ1n) is 5.95. The topological polar surface area (TPSA) is 74.7 Å². The van der Waals surface area contributed by atoms with Gasteiger partial charge < -0.3 is 10.1 Å². The normalized spacial score (nSPS) is 12.8. The third-order valence-electron chi connectivity index (χ3n) is 2.83. The zero-order chi connectivity index (χ0) is 14.1. The second-order valence-electron chi connectivity index (χ2n) is 4.22. The maximum Gasteiger partial charge on any atom is 0.181 e. The van der Waals surface area contributed by atoms with E-state index in [-0.39, 0.29) is 5.82 Å². The van der Waals surface area contributed by atoms with E-state index in [2.05, 4.69) is 19.9 Å². The Kier molecular flexibility index (Phi) is 3.37. The molecule has 2 aromatic heterocycles.